The van der Waals surface area contributed by atoms with Gasteiger partial charge in [-0.15, -0.1) is 5.10 Å². The van der Waals surface area contributed by atoms with Gasteiger partial charge in [0.1, 0.15) is 18.5 Å². The van der Waals surface area contributed by atoms with E-state index in [1.54, 1.807) is 0 Å². The molecule has 8 heteroatoms. The van der Waals surface area contributed by atoms with Gasteiger partial charge in [-0.1, -0.05) is 6.58 Å². The maximum atomic E-state index is 15.4. The van der Waals surface area contributed by atoms with Gasteiger partial charge in [0.2, 0.25) is 0 Å². The Hall–Kier alpha value is -1.80. The zero-order valence-corrected chi connectivity index (χ0v) is 17.2. The molecule has 1 aromatic rings. The largest absolute Gasteiger partial charge is 0.463 e. The summed E-state index contributed by atoms with van der Waals surface area (Å²) < 4.78 is 33.3. The lowest BCUT2D eigenvalue weighted by molar-refractivity contribution is -0.119. The summed E-state index contributed by atoms with van der Waals surface area (Å²) >= 11 is 0. The second-order valence-electron chi connectivity index (χ2n) is 8.73. The molecule has 1 aliphatic rings. The van der Waals surface area contributed by atoms with Crippen LogP contribution in [0.4, 0.5) is 4.39 Å². The molecule has 1 fully saturated rings. The summed E-state index contributed by atoms with van der Waals surface area (Å²) in [4.78, 5) is 15.5. The number of hydrogen-bond donors (Lipinski definition) is 0. The Morgan fingerprint density at radius 3 is 2.41 bits per heavy atom. The lowest BCUT2D eigenvalue weighted by Crippen LogP contribution is -2.38. The van der Waals surface area contributed by atoms with Crippen molar-refractivity contribution in [3.05, 3.63) is 24.3 Å². The summed E-state index contributed by atoms with van der Waals surface area (Å²) in [6, 6.07) is -0.795. The van der Waals surface area contributed by atoms with Crippen LogP contribution in [0.25, 0.3) is 0 Å². The van der Waals surface area contributed by atoms with E-state index in [9.17, 15) is 4.79 Å². The van der Waals surface area contributed by atoms with E-state index in [0.717, 1.165) is 0 Å². The molecule has 4 atom stereocenters. The average Bonchev–Trinajstić information content (AvgIpc) is 3.07. The van der Waals surface area contributed by atoms with Gasteiger partial charge in [-0.25, -0.2) is 18.9 Å². The fourth-order valence-electron chi connectivity index (χ4n) is 3.04. The van der Waals surface area contributed by atoms with Crippen LogP contribution in [-0.2, 0) is 14.2 Å². The number of ether oxygens (including phenoxy) is 3. The number of aromatic nitrogens is 3. The van der Waals surface area contributed by atoms with Gasteiger partial charge >= 0.3 is 5.97 Å². The van der Waals surface area contributed by atoms with Gasteiger partial charge in [-0.3, -0.25) is 0 Å². The minimum Gasteiger partial charge on any atom is -0.463 e. The second-order valence-corrected chi connectivity index (χ2v) is 8.73. The van der Waals surface area contributed by atoms with E-state index in [-0.39, 0.29) is 24.0 Å². The Morgan fingerprint density at radius 1 is 1.26 bits per heavy atom. The van der Waals surface area contributed by atoms with Crippen LogP contribution in [0.3, 0.4) is 0 Å². The molecule has 2 rings (SSSR count). The van der Waals surface area contributed by atoms with Gasteiger partial charge in [0.25, 0.3) is 5.82 Å². The number of alkyl halides is 1. The molecule has 0 saturated heterocycles. The molecule has 0 radical (unpaired) electrons. The number of carbonyl (C=O) groups excluding carboxylic acids is 1. The third-order valence-electron chi connectivity index (χ3n) is 4.22. The predicted octanol–water partition coefficient (Wildman–Crippen LogP) is 3.13. The van der Waals surface area contributed by atoms with E-state index in [1.165, 1.54) is 18.1 Å². The normalized spacial score (nSPS) is 26.4. The van der Waals surface area contributed by atoms with Crippen LogP contribution in [0, 0.1) is 5.92 Å². The van der Waals surface area contributed by atoms with E-state index in [1.807, 2.05) is 41.5 Å². The highest BCUT2D eigenvalue weighted by Crippen LogP contribution is 2.44. The van der Waals surface area contributed by atoms with E-state index >= 15 is 4.39 Å². The molecule has 1 saturated carbocycles. The summed E-state index contributed by atoms with van der Waals surface area (Å²) in [5, 5.41) is 4.07. The maximum Gasteiger partial charge on any atom is 0.377 e. The smallest absolute Gasteiger partial charge is 0.377 e. The molecule has 1 unspecified atom stereocenters. The summed E-state index contributed by atoms with van der Waals surface area (Å²) in [7, 11) is 1.24. The van der Waals surface area contributed by atoms with Gasteiger partial charge < -0.3 is 14.2 Å². The number of hydrogen-bond acceptors (Lipinski definition) is 6. The van der Waals surface area contributed by atoms with Crippen molar-refractivity contribution in [1.82, 2.24) is 14.8 Å². The molecular formula is C19H30FN3O4. The third-order valence-corrected chi connectivity index (χ3v) is 4.22. The van der Waals surface area contributed by atoms with Crippen molar-refractivity contribution < 1.29 is 23.4 Å². The van der Waals surface area contributed by atoms with Crippen molar-refractivity contribution in [1.29, 1.82) is 0 Å². The Balaban J connectivity index is 2.31. The number of halogens is 1. The first kappa shape index (κ1) is 21.5. The Labute approximate surface area is 159 Å². The van der Waals surface area contributed by atoms with Crippen LogP contribution in [0.2, 0.25) is 0 Å². The second kappa shape index (κ2) is 7.67. The van der Waals surface area contributed by atoms with Crippen LogP contribution in [-0.4, -0.2) is 57.9 Å². The number of esters is 1. The summed E-state index contributed by atoms with van der Waals surface area (Å²) in [5.74, 6) is -1.16. The van der Waals surface area contributed by atoms with Crippen LogP contribution >= 0.6 is 0 Å². The molecule has 0 aliphatic heterocycles. The van der Waals surface area contributed by atoms with Gasteiger partial charge in [-0.05, 0) is 47.1 Å². The van der Waals surface area contributed by atoms with Crippen LogP contribution < -0.4 is 0 Å². The average molecular weight is 383 g/mol. The van der Waals surface area contributed by atoms with E-state index in [4.69, 9.17) is 9.47 Å². The van der Waals surface area contributed by atoms with Gasteiger partial charge in [0.15, 0.2) is 6.17 Å². The number of nitrogens with zero attached hydrogens (tertiary/aromatic N) is 3. The monoisotopic (exact) mass is 383 g/mol. The SMILES string of the molecule is C=C1[C@@H](n2cnc(C(=O)OC)n2)[C@@H](F)C(OC(C)(C)C)[C@H]1COC(C)(C)C. The zero-order chi connectivity index (χ0) is 20.6. The minimum absolute atomic E-state index is 0.125. The fraction of sp³-hybridized carbons (Fsp3) is 0.737. The summed E-state index contributed by atoms with van der Waals surface area (Å²) in [5.41, 5.74) is -0.312. The van der Waals surface area contributed by atoms with Crippen LogP contribution in [0.5, 0.6) is 0 Å². The Morgan fingerprint density at radius 2 is 1.89 bits per heavy atom. The third kappa shape index (κ3) is 5.13. The summed E-state index contributed by atoms with van der Waals surface area (Å²) in [6.07, 6.45) is -0.830. The highest BCUT2D eigenvalue weighted by molar-refractivity contribution is 5.84. The van der Waals surface area contributed by atoms with E-state index < -0.39 is 29.9 Å². The first-order valence-corrected chi connectivity index (χ1v) is 8.98. The molecule has 27 heavy (non-hydrogen) atoms. The number of carbonyl (C=O) groups is 1. The Bertz CT molecular complexity index is 690. The molecule has 1 aliphatic carbocycles. The quantitative estimate of drug-likeness (QED) is 0.574. The summed E-state index contributed by atoms with van der Waals surface area (Å²) in [6.45, 7) is 15.8. The number of rotatable bonds is 5. The molecular weight excluding hydrogens is 353 g/mol. The van der Waals surface area contributed by atoms with Crippen molar-refractivity contribution in [3.63, 3.8) is 0 Å². The molecule has 1 heterocycles. The highest BCUT2D eigenvalue weighted by Gasteiger charge is 2.50. The van der Waals surface area contributed by atoms with Crippen molar-refractivity contribution in [2.45, 2.75) is 71.1 Å². The van der Waals surface area contributed by atoms with Gasteiger partial charge in [0.05, 0.1) is 24.9 Å². The van der Waals surface area contributed by atoms with E-state index in [0.29, 0.717) is 5.57 Å². The van der Waals surface area contributed by atoms with Gasteiger partial charge in [0, 0.05) is 5.92 Å². The van der Waals surface area contributed by atoms with Crippen LogP contribution in [0.15, 0.2) is 18.5 Å². The number of methoxy groups -OCH3 is 1. The van der Waals surface area contributed by atoms with Crippen LogP contribution in [0.1, 0.15) is 58.2 Å². The first-order valence-electron chi connectivity index (χ1n) is 8.98. The van der Waals surface area contributed by atoms with Gasteiger partial charge in [-0.2, -0.15) is 0 Å². The highest BCUT2D eigenvalue weighted by atomic mass is 19.1. The van der Waals surface area contributed by atoms with Crippen molar-refractivity contribution in [3.8, 4) is 0 Å². The topological polar surface area (TPSA) is 75.5 Å². The van der Waals surface area contributed by atoms with Crippen molar-refractivity contribution in [2.75, 3.05) is 13.7 Å². The lowest BCUT2D eigenvalue weighted by Gasteiger charge is -2.31. The Kier molecular flexibility index (Phi) is 6.11. The first-order chi connectivity index (χ1) is 12.3. The maximum absolute atomic E-state index is 15.4. The van der Waals surface area contributed by atoms with Crippen molar-refractivity contribution in [2.24, 2.45) is 5.92 Å². The molecule has 1 aromatic heterocycles. The zero-order valence-electron chi connectivity index (χ0n) is 17.2. The molecule has 7 nitrogen and oxygen atoms in total. The van der Waals surface area contributed by atoms with Crippen molar-refractivity contribution >= 4 is 5.97 Å². The molecule has 0 N–H and O–H groups in total. The molecule has 0 amide bonds. The molecule has 0 aromatic carbocycles. The lowest BCUT2D eigenvalue weighted by atomic mass is 10.0. The fourth-order valence-corrected chi connectivity index (χ4v) is 3.04. The predicted molar refractivity (Wildman–Crippen MR) is 98.3 cm³/mol. The standard InChI is InChI=1S/C19H30FN3O4/c1-11-12(9-26-18(2,3)4)15(27-19(5,6)7)13(20)14(11)23-10-21-16(22-23)17(24)25-8/h10,12-15H,1,9H2,2-8H3/t12-,13+,14+,15?/m0/s1. The van der Waals surface area contributed by atoms with E-state index in [2.05, 4.69) is 21.4 Å². The minimum atomic E-state index is -1.41. The molecule has 152 valence electrons. The molecule has 0 spiro atoms. The molecule has 0 bridgehead atoms.